The second-order valence-electron chi connectivity index (χ2n) is 6.63. The molecule has 6 nitrogen and oxygen atoms in total. The van der Waals surface area contributed by atoms with Crippen LogP contribution < -0.4 is 0 Å². The number of imide groups is 1. The molecule has 0 unspecified atom stereocenters. The first kappa shape index (κ1) is 21.0. The predicted molar refractivity (Wildman–Crippen MR) is 118 cm³/mol. The Morgan fingerprint density at radius 1 is 1.10 bits per heavy atom. The number of amides is 2. The summed E-state index contributed by atoms with van der Waals surface area (Å²) in [5.41, 5.74) is 1.74. The van der Waals surface area contributed by atoms with Crippen molar-refractivity contribution in [2.45, 2.75) is 6.54 Å². The lowest BCUT2D eigenvalue weighted by atomic mass is 10.1. The lowest BCUT2D eigenvalue weighted by Crippen LogP contribution is -2.27. The van der Waals surface area contributed by atoms with E-state index in [1.54, 1.807) is 60.7 Å². The number of furan rings is 1. The SMILES string of the molecule is COC(=O)c1ccccc1-c1ccc(/C=C2\SC(=O)N(Cc3ccc(Cl)cc3)C2=O)o1. The van der Waals surface area contributed by atoms with Crippen LogP contribution in [-0.4, -0.2) is 29.1 Å². The van der Waals surface area contributed by atoms with Crippen LogP contribution in [0.2, 0.25) is 5.02 Å². The number of carbonyl (C=O) groups excluding carboxylic acids is 3. The van der Waals surface area contributed by atoms with Gasteiger partial charge in [-0.3, -0.25) is 14.5 Å². The number of hydrogen-bond acceptors (Lipinski definition) is 6. The van der Waals surface area contributed by atoms with E-state index in [4.69, 9.17) is 20.8 Å². The second-order valence-corrected chi connectivity index (χ2v) is 8.06. The van der Waals surface area contributed by atoms with E-state index in [0.717, 1.165) is 17.3 Å². The molecule has 1 aliphatic rings. The predicted octanol–water partition coefficient (Wildman–Crippen LogP) is 5.62. The van der Waals surface area contributed by atoms with Crippen molar-refractivity contribution in [2.24, 2.45) is 0 Å². The Kier molecular flexibility index (Phi) is 5.97. The van der Waals surface area contributed by atoms with Crippen molar-refractivity contribution in [1.82, 2.24) is 4.90 Å². The highest BCUT2D eigenvalue weighted by atomic mass is 35.5. The van der Waals surface area contributed by atoms with Gasteiger partial charge in [0.1, 0.15) is 11.5 Å². The lowest BCUT2D eigenvalue weighted by Gasteiger charge is -2.12. The minimum Gasteiger partial charge on any atom is -0.465 e. The molecule has 3 aromatic rings. The maximum absolute atomic E-state index is 12.7. The van der Waals surface area contributed by atoms with Crippen molar-refractivity contribution < 1.29 is 23.5 Å². The largest absolute Gasteiger partial charge is 0.465 e. The molecule has 2 aromatic carbocycles. The molecule has 1 saturated heterocycles. The van der Waals surface area contributed by atoms with Gasteiger partial charge >= 0.3 is 5.97 Å². The van der Waals surface area contributed by atoms with Gasteiger partial charge in [-0.15, -0.1) is 0 Å². The van der Waals surface area contributed by atoms with Gasteiger partial charge in [0.2, 0.25) is 0 Å². The maximum Gasteiger partial charge on any atom is 0.338 e. The quantitative estimate of drug-likeness (QED) is 0.368. The first-order chi connectivity index (χ1) is 15.0. The summed E-state index contributed by atoms with van der Waals surface area (Å²) in [5.74, 6) is -0.0194. The number of methoxy groups -OCH3 is 1. The van der Waals surface area contributed by atoms with E-state index in [0.29, 0.717) is 27.7 Å². The zero-order valence-corrected chi connectivity index (χ0v) is 17.9. The summed E-state index contributed by atoms with van der Waals surface area (Å²) in [5, 5.41) is 0.231. The smallest absolute Gasteiger partial charge is 0.338 e. The van der Waals surface area contributed by atoms with Crippen molar-refractivity contribution in [2.75, 3.05) is 7.11 Å². The van der Waals surface area contributed by atoms with Crippen molar-refractivity contribution in [3.05, 3.63) is 87.5 Å². The minimum absolute atomic E-state index is 0.162. The molecule has 1 aliphatic heterocycles. The number of hydrogen-bond donors (Lipinski definition) is 0. The van der Waals surface area contributed by atoms with Gasteiger partial charge in [0.15, 0.2) is 0 Å². The van der Waals surface area contributed by atoms with E-state index in [1.807, 2.05) is 0 Å². The molecule has 0 atom stereocenters. The summed E-state index contributed by atoms with van der Waals surface area (Å²) < 4.78 is 10.6. The molecule has 0 spiro atoms. The van der Waals surface area contributed by atoms with Crippen LogP contribution in [-0.2, 0) is 16.1 Å². The van der Waals surface area contributed by atoms with Gasteiger partial charge in [0.05, 0.1) is 24.1 Å². The van der Waals surface area contributed by atoms with E-state index < -0.39 is 11.9 Å². The van der Waals surface area contributed by atoms with Crippen LogP contribution in [0.1, 0.15) is 21.7 Å². The third-order valence-electron chi connectivity index (χ3n) is 4.63. The van der Waals surface area contributed by atoms with Gasteiger partial charge < -0.3 is 9.15 Å². The van der Waals surface area contributed by atoms with Gasteiger partial charge in [-0.1, -0.05) is 41.9 Å². The standard InChI is InChI=1S/C23H16ClNO5S/c1-29-22(27)18-5-3-2-4-17(18)19-11-10-16(30-19)12-20-21(26)25(23(28)31-20)13-14-6-8-15(24)9-7-14/h2-12H,13H2,1H3/b20-12-. The maximum atomic E-state index is 12.7. The van der Waals surface area contributed by atoms with Crippen LogP contribution in [0.5, 0.6) is 0 Å². The van der Waals surface area contributed by atoms with Crippen LogP contribution in [0.3, 0.4) is 0 Å². The number of carbonyl (C=O) groups is 3. The normalized spacial score (nSPS) is 15.0. The van der Waals surface area contributed by atoms with Crippen LogP contribution in [0.15, 0.2) is 70.0 Å². The highest BCUT2D eigenvalue weighted by molar-refractivity contribution is 8.18. The van der Waals surface area contributed by atoms with Crippen molar-refractivity contribution in [3.8, 4) is 11.3 Å². The zero-order chi connectivity index (χ0) is 22.0. The van der Waals surface area contributed by atoms with E-state index in [9.17, 15) is 14.4 Å². The van der Waals surface area contributed by atoms with E-state index >= 15 is 0 Å². The number of esters is 1. The summed E-state index contributed by atoms with van der Waals surface area (Å²) in [6, 6.07) is 17.2. The molecule has 1 aromatic heterocycles. The fourth-order valence-electron chi connectivity index (χ4n) is 3.10. The molecule has 0 radical (unpaired) electrons. The summed E-state index contributed by atoms with van der Waals surface area (Å²) in [7, 11) is 1.31. The van der Waals surface area contributed by atoms with E-state index in [2.05, 4.69) is 0 Å². The molecular weight excluding hydrogens is 438 g/mol. The van der Waals surface area contributed by atoms with Gasteiger partial charge in [0, 0.05) is 16.7 Å². The molecule has 0 bridgehead atoms. The second kappa shape index (κ2) is 8.83. The number of rotatable bonds is 5. The fraction of sp³-hybridized carbons (Fsp3) is 0.0870. The third-order valence-corrected chi connectivity index (χ3v) is 5.78. The molecule has 4 rings (SSSR count). The molecule has 2 amide bonds. The Labute approximate surface area is 187 Å². The molecule has 0 saturated carbocycles. The molecule has 8 heteroatoms. The molecule has 0 aliphatic carbocycles. The Hall–Kier alpha value is -3.29. The van der Waals surface area contributed by atoms with Crippen LogP contribution >= 0.6 is 23.4 Å². The van der Waals surface area contributed by atoms with Gasteiger partial charge in [-0.05, 0) is 47.7 Å². The van der Waals surface area contributed by atoms with E-state index in [1.165, 1.54) is 18.1 Å². The number of halogens is 1. The number of benzene rings is 2. The minimum atomic E-state index is -0.475. The topological polar surface area (TPSA) is 76.8 Å². The van der Waals surface area contributed by atoms with Crippen LogP contribution in [0.25, 0.3) is 17.4 Å². The van der Waals surface area contributed by atoms with Crippen molar-refractivity contribution >= 4 is 46.6 Å². The molecular formula is C23H16ClNO5S. The van der Waals surface area contributed by atoms with Crippen molar-refractivity contribution in [1.29, 1.82) is 0 Å². The monoisotopic (exact) mass is 453 g/mol. The van der Waals surface area contributed by atoms with Crippen LogP contribution in [0.4, 0.5) is 4.79 Å². The average molecular weight is 454 g/mol. The molecule has 0 N–H and O–H groups in total. The highest BCUT2D eigenvalue weighted by Crippen LogP contribution is 2.34. The Morgan fingerprint density at radius 3 is 2.58 bits per heavy atom. The summed E-state index contributed by atoms with van der Waals surface area (Å²) >= 11 is 6.74. The third kappa shape index (κ3) is 4.42. The zero-order valence-electron chi connectivity index (χ0n) is 16.3. The number of nitrogens with zero attached hydrogens (tertiary/aromatic N) is 1. The van der Waals surface area contributed by atoms with Gasteiger partial charge in [-0.2, -0.15) is 0 Å². The highest BCUT2D eigenvalue weighted by Gasteiger charge is 2.35. The van der Waals surface area contributed by atoms with Gasteiger partial charge in [-0.25, -0.2) is 4.79 Å². The Balaban J connectivity index is 1.56. The van der Waals surface area contributed by atoms with Crippen molar-refractivity contribution in [3.63, 3.8) is 0 Å². The number of thioether (sulfide) groups is 1. The summed E-state index contributed by atoms with van der Waals surface area (Å²) in [6.07, 6.45) is 1.52. The van der Waals surface area contributed by atoms with E-state index in [-0.39, 0.29) is 16.7 Å². The average Bonchev–Trinajstić information content (AvgIpc) is 3.35. The first-order valence-electron chi connectivity index (χ1n) is 9.23. The Bertz CT molecular complexity index is 1200. The fourth-order valence-corrected chi connectivity index (χ4v) is 4.04. The van der Waals surface area contributed by atoms with Crippen LogP contribution in [0, 0.1) is 0 Å². The Morgan fingerprint density at radius 2 is 1.84 bits per heavy atom. The summed E-state index contributed by atoms with van der Waals surface area (Å²) in [6.45, 7) is 0.162. The summed E-state index contributed by atoms with van der Waals surface area (Å²) in [4.78, 5) is 38.5. The molecule has 31 heavy (non-hydrogen) atoms. The molecule has 156 valence electrons. The molecule has 2 heterocycles. The first-order valence-corrected chi connectivity index (χ1v) is 10.4. The lowest BCUT2D eigenvalue weighted by molar-refractivity contribution is -0.123. The number of ether oxygens (including phenoxy) is 1. The molecule has 1 fully saturated rings. The van der Waals surface area contributed by atoms with Gasteiger partial charge in [0.25, 0.3) is 11.1 Å².